The summed E-state index contributed by atoms with van der Waals surface area (Å²) < 4.78 is 15.8. The summed E-state index contributed by atoms with van der Waals surface area (Å²) in [5, 5.41) is 0. The van der Waals surface area contributed by atoms with E-state index in [-0.39, 0.29) is 12.7 Å². The molecule has 0 saturated carbocycles. The van der Waals surface area contributed by atoms with Crippen LogP contribution in [0.25, 0.3) is 6.08 Å². The summed E-state index contributed by atoms with van der Waals surface area (Å²) in [6.07, 6.45) is 2.88. The number of esters is 1. The number of para-hydroxylation sites is 1. The Labute approximate surface area is 156 Å². The first-order chi connectivity index (χ1) is 13.1. The Morgan fingerprint density at radius 1 is 1.15 bits per heavy atom. The molecule has 0 N–H and O–H groups in total. The minimum absolute atomic E-state index is 0.198. The van der Waals surface area contributed by atoms with E-state index in [2.05, 4.69) is 0 Å². The van der Waals surface area contributed by atoms with E-state index in [1.54, 1.807) is 30.0 Å². The molecule has 27 heavy (non-hydrogen) atoms. The number of hydrogen-bond donors (Lipinski definition) is 0. The second-order valence-electron chi connectivity index (χ2n) is 6.39. The molecular weight excluding hydrogens is 346 g/mol. The molecule has 2 aromatic carbocycles. The highest BCUT2D eigenvalue weighted by Gasteiger charge is 2.29. The Morgan fingerprint density at radius 2 is 1.96 bits per heavy atom. The molecule has 138 valence electrons. The third-order valence-electron chi connectivity index (χ3n) is 4.60. The molecular formula is C21H19NO5. The van der Waals surface area contributed by atoms with E-state index in [9.17, 15) is 9.59 Å². The lowest BCUT2D eigenvalue weighted by Crippen LogP contribution is -2.38. The first kappa shape index (κ1) is 17.1. The van der Waals surface area contributed by atoms with Crippen molar-refractivity contribution in [3.63, 3.8) is 0 Å². The maximum absolute atomic E-state index is 12.6. The van der Waals surface area contributed by atoms with Gasteiger partial charge in [-0.15, -0.1) is 0 Å². The van der Waals surface area contributed by atoms with Gasteiger partial charge >= 0.3 is 5.97 Å². The monoisotopic (exact) mass is 365 g/mol. The molecule has 2 aromatic rings. The van der Waals surface area contributed by atoms with Gasteiger partial charge in [-0.2, -0.15) is 0 Å². The minimum atomic E-state index is -0.856. The van der Waals surface area contributed by atoms with Gasteiger partial charge in [-0.3, -0.25) is 4.79 Å². The van der Waals surface area contributed by atoms with Crippen LogP contribution in [0.3, 0.4) is 0 Å². The van der Waals surface area contributed by atoms with Crippen LogP contribution in [0, 0.1) is 0 Å². The van der Waals surface area contributed by atoms with Crippen LogP contribution in [0.15, 0.2) is 48.5 Å². The van der Waals surface area contributed by atoms with Crippen LogP contribution in [0.5, 0.6) is 11.5 Å². The Kier molecular flexibility index (Phi) is 4.54. The van der Waals surface area contributed by atoms with Gasteiger partial charge in [0.2, 0.25) is 6.79 Å². The van der Waals surface area contributed by atoms with Crippen molar-refractivity contribution in [1.82, 2.24) is 0 Å². The SMILES string of the molecule is C[C@@H](OC(=O)/C=C/c1ccc2c(c1)OCO2)C(=O)N1CCc2ccccc21. The van der Waals surface area contributed by atoms with E-state index < -0.39 is 12.1 Å². The molecule has 0 aliphatic carbocycles. The van der Waals surface area contributed by atoms with Crippen LogP contribution >= 0.6 is 0 Å². The number of benzene rings is 2. The number of ether oxygens (including phenoxy) is 3. The highest BCUT2D eigenvalue weighted by Crippen LogP contribution is 2.33. The highest BCUT2D eigenvalue weighted by atomic mass is 16.7. The molecule has 0 bridgehead atoms. The summed E-state index contributed by atoms with van der Waals surface area (Å²) in [6, 6.07) is 13.1. The molecule has 0 unspecified atom stereocenters. The number of nitrogens with zero attached hydrogens (tertiary/aromatic N) is 1. The van der Waals surface area contributed by atoms with Gasteiger partial charge in [-0.05, 0) is 48.7 Å². The average molecular weight is 365 g/mol. The first-order valence-corrected chi connectivity index (χ1v) is 8.79. The molecule has 6 nitrogen and oxygen atoms in total. The number of anilines is 1. The van der Waals surface area contributed by atoms with Crippen molar-refractivity contribution in [1.29, 1.82) is 0 Å². The normalized spacial score (nSPS) is 15.7. The second-order valence-corrected chi connectivity index (χ2v) is 6.39. The second kappa shape index (κ2) is 7.15. The minimum Gasteiger partial charge on any atom is -0.454 e. The largest absolute Gasteiger partial charge is 0.454 e. The summed E-state index contributed by atoms with van der Waals surface area (Å²) in [6.45, 7) is 2.40. The zero-order valence-corrected chi connectivity index (χ0v) is 14.9. The van der Waals surface area contributed by atoms with Gasteiger partial charge in [0.05, 0.1) is 0 Å². The third-order valence-corrected chi connectivity index (χ3v) is 4.60. The molecule has 0 spiro atoms. The number of carbonyl (C=O) groups is 2. The highest BCUT2D eigenvalue weighted by molar-refractivity contribution is 6.00. The van der Waals surface area contributed by atoms with E-state index in [0.717, 1.165) is 23.2 Å². The Hall–Kier alpha value is -3.28. The summed E-state index contributed by atoms with van der Waals surface area (Å²) in [5.41, 5.74) is 2.80. The predicted octanol–water partition coefficient (Wildman–Crippen LogP) is 2.95. The fourth-order valence-electron chi connectivity index (χ4n) is 3.23. The summed E-state index contributed by atoms with van der Waals surface area (Å²) >= 11 is 0. The summed E-state index contributed by atoms with van der Waals surface area (Å²) in [7, 11) is 0. The Bertz CT molecular complexity index is 921. The van der Waals surface area contributed by atoms with Crippen LogP contribution in [0.2, 0.25) is 0 Å². The van der Waals surface area contributed by atoms with Crippen molar-refractivity contribution < 1.29 is 23.8 Å². The molecule has 2 aliphatic rings. The third kappa shape index (κ3) is 3.51. The van der Waals surface area contributed by atoms with Crippen LogP contribution < -0.4 is 14.4 Å². The van der Waals surface area contributed by atoms with E-state index in [1.165, 1.54) is 6.08 Å². The van der Waals surface area contributed by atoms with Crippen LogP contribution in [0.1, 0.15) is 18.1 Å². The molecule has 6 heteroatoms. The lowest BCUT2D eigenvalue weighted by Gasteiger charge is -2.21. The summed E-state index contributed by atoms with van der Waals surface area (Å²) in [4.78, 5) is 26.4. The summed E-state index contributed by atoms with van der Waals surface area (Å²) in [5.74, 6) is 0.535. The van der Waals surface area contributed by atoms with E-state index >= 15 is 0 Å². The van der Waals surface area contributed by atoms with Crippen molar-refractivity contribution in [2.45, 2.75) is 19.4 Å². The van der Waals surface area contributed by atoms with Crippen molar-refractivity contribution in [3.8, 4) is 11.5 Å². The molecule has 0 fully saturated rings. The molecule has 2 aliphatic heterocycles. The van der Waals surface area contributed by atoms with Gasteiger partial charge in [0.25, 0.3) is 5.91 Å². The fraction of sp³-hybridized carbons (Fsp3) is 0.238. The molecule has 0 aromatic heterocycles. The number of fused-ring (bicyclic) bond motifs is 2. The van der Waals surface area contributed by atoms with Crippen molar-refractivity contribution >= 4 is 23.6 Å². The average Bonchev–Trinajstić information content (AvgIpc) is 3.32. The van der Waals surface area contributed by atoms with E-state index in [4.69, 9.17) is 14.2 Å². The standard InChI is InChI=1S/C21H19NO5/c1-14(21(24)22-11-10-16-4-2-3-5-17(16)22)27-20(23)9-7-15-6-8-18-19(12-15)26-13-25-18/h2-9,12,14H,10-11,13H2,1H3/b9-7+/t14-/m1/s1. The van der Waals surface area contributed by atoms with Gasteiger partial charge in [0.15, 0.2) is 17.6 Å². The fourth-order valence-corrected chi connectivity index (χ4v) is 3.23. The first-order valence-electron chi connectivity index (χ1n) is 8.79. The quantitative estimate of drug-likeness (QED) is 0.616. The Morgan fingerprint density at radius 3 is 2.85 bits per heavy atom. The van der Waals surface area contributed by atoms with Gasteiger partial charge < -0.3 is 19.1 Å². The number of hydrogen-bond acceptors (Lipinski definition) is 5. The molecule has 1 amide bonds. The zero-order valence-electron chi connectivity index (χ0n) is 14.9. The van der Waals surface area contributed by atoms with Gasteiger partial charge in [0.1, 0.15) is 0 Å². The molecule has 0 radical (unpaired) electrons. The van der Waals surface area contributed by atoms with Crippen molar-refractivity contribution in [3.05, 3.63) is 59.7 Å². The van der Waals surface area contributed by atoms with E-state index in [1.807, 2.05) is 30.3 Å². The van der Waals surface area contributed by atoms with Crippen LogP contribution in [-0.2, 0) is 20.7 Å². The van der Waals surface area contributed by atoms with Crippen LogP contribution in [0.4, 0.5) is 5.69 Å². The maximum atomic E-state index is 12.6. The van der Waals surface area contributed by atoms with Gasteiger partial charge in [0, 0.05) is 18.3 Å². The molecule has 2 heterocycles. The van der Waals surface area contributed by atoms with Crippen molar-refractivity contribution in [2.24, 2.45) is 0 Å². The number of amides is 1. The number of rotatable bonds is 4. The topological polar surface area (TPSA) is 65.1 Å². The maximum Gasteiger partial charge on any atom is 0.331 e. The zero-order chi connectivity index (χ0) is 18.8. The molecule has 1 atom stereocenters. The number of carbonyl (C=O) groups excluding carboxylic acids is 2. The van der Waals surface area contributed by atoms with E-state index in [0.29, 0.717) is 18.0 Å². The lowest BCUT2D eigenvalue weighted by atomic mass is 10.2. The van der Waals surface area contributed by atoms with Crippen LogP contribution in [-0.4, -0.2) is 31.3 Å². The van der Waals surface area contributed by atoms with Crippen molar-refractivity contribution in [2.75, 3.05) is 18.2 Å². The smallest absolute Gasteiger partial charge is 0.331 e. The lowest BCUT2D eigenvalue weighted by molar-refractivity contribution is -0.149. The molecule has 0 saturated heterocycles. The predicted molar refractivity (Wildman–Crippen MR) is 99.7 cm³/mol. The van der Waals surface area contributed by atoms with Gasteiger partial charge in [-0.25, -0.2) is 4.79 Å². The van der Waals surface area contributed by atoms with Gasteiger partial charge in [-0.1, -0.05) is 24.3 Å². The Balaban J connectivity index is 1.37. The molecule has 4 rings (SSSR count).